The molecule has 1 aliphatic carbocycles. The predicted molar refractivity (Wildman–Crippen MR) is 119 cm³/mol. The smallest absolute Gasteiger partial charge is 0.277 e. The first-order valence-electron chi connectivity index (χ1n) is 10.5. The van der Waals surface area contributed by atoms with Crippen LogP contribution in [0.5, 0.6) is 17.2 Å². The number of hydrogen-bond acceptors (Lipinski definition) is 7. The lowest BCUT2D eigenvalue weighted by atomic mass is 9.90. The molecule has 0 radical (unpaired) electrons. The standard InChI is InChI=1S/C23H31N3O5/c1-29-20-10-4-16(5-11-20)14-25(19-8-6-18(24)7-9-19)15-17-12-22(30-2)23(31-3)13-21(17)26(27)28/h4-5,10-13,18-19H,6-9,14-15,24H2,1-3H3. The quantitative estimate of drug-likeness (QED) is 0.477. The Kier molecular flexibility index (Phi) is 7.70. The van der Waals surface area contributed by atoms with Crippen LogP contribution < -0.4 is 19.9 Å². The van der Waals surface area contributed by atoms with Gasteiger partial charge in [0.1, 0.15) is 5.75 Å². The molecule has 0 saturated heterocycles. The molecule has 2 N–H and O–H groups in total. The van der Waals surface area contributed by atoms with Crippen LogP contribution in [0.2, 0.25) is 0 Å². The summed E-state index contributed by atoms with van der Waals surface area (Å²) in [6, 6.07) is 11.6. The molecule has 2 aromatic rings. The number of methoxy groups -OCH3 is 3. The highest BCUT2D eigenvalue weighted by Gasteiger charge is 2.28. The number of nitrogens with two attached hydrogens (primary N) is 1. The summed E-state index contributed by atoms with van der Waals surface area (Å²) >= 11 is 0. The average molecular weight is 430 g/mol. The maximum Gasteiger partial charge on any atom is 0.277 e. The number of rotatable bonds is 9. The van der Waals surface area contributed by atoms with Gasteiger partial charge >= 0.3 is 0 Å². The van der Waals surface area contributed by atoms with Crippen LogP contribution in [-0.4, -0.2) is 43.2 Å². The Hall–Kier alpha value is -2.84. The van der Waals surface area contributed by atoms with Crippen molar-refractivity contribution in [3.05, 3.63) is 57.6 Å². The van der Waals surface area contributed by atoms with Crippen molar-refractivity contribution in [3.63, 3.8) is 0 Å². The van der Waals surface area contributed by atoms with Crippen LogP contribution in [0.3, 0.4) is 0 Å². The van der Waals surface area contributed by atoms with Crippen LogP contribution in [0.1, 0.15) is 36.8 Å². The van der Waals surface area contributed by atoms with Crippen molar-refractivity contribution in [1.82, 2.24) is 4.90 Å². The van der Waals surface area contributed by atoms with Gasteiger partial charge in [-0.05, 0) is 49.4 Å². The Balaban J connectivity index is 1.92. The molecule has 0 heterocycles. The van der Waals surface area contributed by atoms with E-state index < -0.39 is 0 Å². The van der Waals surface area contributed by atoms with Crippen molar-refractivity contribution < 1.29 is 19.1 Å². The van der Waals surface area contributed by atoms with Gasteiger partial charge in [0, 0.05) is 30.7 Å². The summed E-state index contributed by atoms with van der Waals surface area (Å²) in [7, 11) is 4.65. The van der Waals surface area contributed by atoms with Gasteiger partial charge in [-0.25, -0.2) is 0 Å². The molecule has 8 nitrogen and oxygen atoms in total. The number of nitro benzene ring substituents is 1. The highest BCUT2D eigenvalue weighted by atomic mass is 16.6. The molecule has 0 amide bonds. The van der Waals surface area contributed by atoms with Gasteiger partial charge < -0.3 is 19.9 Å². The highest BCUT2D eigenvalue weighted by Crippen LogP contribution is 2.36. The third-order valence-corrected chi connectivity index (χ3v) is 5.96. The first-order valence-corrected chi connectivity index (χ1v) is 10.5. The molecular weight excluding hydrogens is 398 g/mol. The Morgan fingerprint density at radius 2 is 1.58 bits per heavy atom. The monoisotopic (exact) mass is 429 g/mol. The second kappa shape index (κ2) is 10.5. The maximum atomic E-state index is 11.8. The summed E-state index contributed by atoms with van der Waals surface area (Å²) in [6.45, 7) is 1.11. The number of benzene rings is 2. The molecule has 0 atom stereocenters. The van der Waals surface area contributed by atoms with Crippen LogP contribution in [0.25, 0.3) is 0 Å². The number of ether oxygens (including phenoxy) is 3. The van der Waals surface area contributed by atoms with Crippen molar-refractivity contribution in [1.29, 1.82) is 0 Å². The molecule has 0 aliphatic heterocycles. The Morgan fingerprint density at radius 1 is 0.968 bits per heavy atom. The van der Waals surface area contributed by atoms with Gasteiger partial charge in [0.2, 0.25) is 0 Å². The molecule has 0 spiro atoms. The van der Waals surface area contributed by atoms with Gasteiger partial charge in [0.05, 0.1) is 32.3 Å². The summed E-state index contributed by atoms with van der Waals surface area (Å²) in [5, 5.41) is 11.8. The molecule has 1 aliphatic rings. The average Bonchev–Trinajstić information content (AvgIpc) is 2.79. The van der Waals surface area contributed by atoms with Gasteiger partial charge in [-0.3, -0.25) is 15.0 Å². The third-order valence-electron chi connectivity index (χ3n) is 5.96. The van der Waals surface area contributed by atoms with E-state index in [-0.39, 0.29) is 16.7 Å². The van der Waals surface area contributed by atoms with E-state index in [1.807, 2.05) is 24.3 Å². The first kappa shape index (κ1) is 22.8. The van der Waals surface area contributed by atoms with Crippen molar-refractivity contribution in [2.45, 2.75) is 50.9 Å². The molecular formula is C23H31N3O5. The summed E-state index contributed by atoms with van der Waals surface area (Å²) in [6.07, 6.45) is 3.85. The lowest BCUT2D eigenvalue weighted by Crippen LogP contribution is -2.40. The molecule has 1 saturated carbocycles. The maximum absolute atomic E-state index is 11.8. The zero-order valence-electron chi connectivity index (χ0n) is 18.4. The zero-order valence-corrected chi connectivity index (χ0v) is 18.4. The molecule has 8 heteroatoms. The van der Waals surface area contributed by atoms with Gasteiger partial charge in [-0.15, -0.1) is 0 Å². The second-order valence-corrected chi connectivity index (χ2v) is 7.91. The lowest BCUT2D eigenvalue weighted by molar-refractivity contribution is -0.385. The predicted octanol–water partition coefficient (Wildman–Crippen LogP) is 3.89. The molecule has 1 fully saturated rings. The molecule has 0 unspecified atom stereocenters. The van der Waals surface area contributed by atoms with Crippen molar-refractivity contribution >= 4 is 5.69 Å². The minimum absolute atomic E-state index is 0.0323. The summed E-state index contributed by atoms with van der Waals surface area (Å²) < 4.78 is 15.9. The van der Waals surface area contributed by atoms with E-state index in [1.165, 1.54) is 20.3 Å². The third kappa shape index (κ3) is 5.65. The fourth-order valence-electron chi connectivity index (χ4n) is 4.17. The fourth-order valence-corrected chi connectivity index (χ4v) is 4.17. The first-order chi connectivity index (χ1) is 14.9. The Labute approximate surface area is 183 Å². The molecule has 3 rings (SSSR count). The van der Waals surface area contributed by atoms with E-state index in [4.69, 9.17) is 19.9 Å². The number of nitrogens with zero attached hydrogens (tertiary/aromatic N) is 2. The lowest BCUT2D eigenvalue weighted by Gasteiger charge is -2.36. The summed E-state index contributed by atoms with van der Waals surface area (Å²) in [4.78, 5) is 13.7. The van der Waals surface area contributed by atoms with Gasteiger partial charge in [0.15, 0.2) is 11.5 Å². The highest BCUT2D eigenvalue weighted by molar-refractivity contribution is 5.54. The van der Waals surface area contributed by atoms with E-state index in [0.717, 1.165) is 37.0 Å². The van der Waals surface area contributed by atoms with Crippen LogP contribution >= 0.6 is 0 Å². The normalized spacial score (nSPS) is 18.6. The van der Waals surface area contributed by atoms with Crippen LogP contribution in [0.4, 0.5) is 5.69 Å². The molecule has 0 bridgehead atoms. The van der Waals surface area contributed by atoms with Crippen molar-refractivity contribution in [2.24, 2.45) is 5.73 Å². The van der Waals surface area contributed by atoms with Gasteiger partial charge in [-0.2, -0.15) is 0 Å². The van der Waals surface area contributed by atoms with Crippen LogP contribution in [0.15, 0.2) is 36.4 Å². The molecule has 2 aromatic carbocycles. The minimum Gasteiger partial charge on any atom is -0.497 e. The largest absolute Gasteiger partial charge is 0.497 e. The Bertz CT molecular complexity index is 880. The number of hydrogen-bond donors (Lipinski definition) is 1. The van der Waals surface area contributed by atoms with Crippen LogP contribution in [0, 0.1) is 10.1 Å². The van der Waals surface area contributed by atoms with E-state index in [1.54, 1.807) is 13.2 Å². The van der Waals surface area contributed by atoms with Gasteiger partial charge in [-0.1, -0.05) is 12.1 Å². The molecule has 31 heavy (non-hydrogen) atoms. The van der Waals surface area contributed by atoms with E-state index in [2.05, 4.69) is 4.90 Å². The van der Waals surface area contributed by atoms with E-state index in [0.29, 0.717) is 36.2 Å². The SMILES string of the molecule is COc1ccc(CN(Cc2cc(OC)c(OC)cc2[N+](=O)[O-])C2CCC(N)CC2)cc1. The van der Waals surface area contributed by atoms with E-state index >= 15 is 0 Å². The summed E-state index contributed by atoms with van der Waals surface area (Å²) in [5.74, 6) is 1.64. The van der Waals surface area contributed by atoms with Gasteiger partial charge in [0.25, 0.3) is 5.69 Å². The fraction of sp³-hybridized carbons (Fsp3) is 0.478. The van der Waals surface area contributed by atoms with Crippen LogP contribution in [-0.2, 0) is 13.1 Å². The Morgan fingerprint density at radius 3 is 2.13 bits per heavy atom. The topological polar surface area (TPSA) is 100 Å². The molecule has 168 valence electrons. The zero-order chi connectivity index (χ0) is 22.4. The number of nitro groups is 1. The molecule has 0 aromatic heterocycles. The minimum atomic E-state index is -0.361. The van der Waals surface area contributed by atoms with Crippen molar-refractivity contribution in [2.75, 3.05) is 21.3 Å². The van der Waals surface area contributed by atoms with E-state index in [9.17, 15) is 10.1 Å². The second-order valence-electron chi connectivity index (χ2n) is 7.91. The summed E-state index contributed by atoms with van der Waals surface area (Å²) in [5.41, 5.74) is 7.87. The van der Waals surface area contributed by atoms with Crippen molar-refractivity contribution in [3.8, 4) is 17.2 Å².